The van der Waals surface area contributed by atoms with Gasteiger partial charge in [-0.3, -0.25) is 4.90 Å². The van der Waals surface area contributed by atoms with Crippen LogP contribution in [0.1, 0.15) is 18.9 Å². The molecule has 2 rings (SSSR count). The fraction of sp³-hybridized carbons (Fsp3) is 0.500. The molecule has 16 heavy (non-hydrogen) atoms. The minimum absolute atomic E-state index is 0.265. The molecule has 1 saturated heterocycles. The number of anilines is 1. The molecule has 0 radical (unpaired) electrons. The molecule has 0 aliphatic carbocycles. The summed E-state index contributed by atoms with van der Waals surface area (Å²) in [6, 6.07) is 5.07. The number of aromatic hydroxyl groups is 1. The number of likely N-dealkylation sites (tertiary alicyclic amines) is 1. The van der Waals surface area contributed by atoms with Crippen LogP contribution in [0.3, 0.4) is 0 Å². The molecule has 1 aromatic rings. The average molecular weight is 222 g/mol. The van der Waals surface area contributed by atoms with Crippen molar-refractivity contribution in [1.29, 1.82) is 0 Å². The molecule has 0 bridgehead atoms. The minimum Gasteiger partial charge on any atom is -0.508 e. The summed E-state index contributed by atoms with van der Waals surface area (Å²) in [5.74, 6) is 0.265. The summed E-state index contributed by atoms with van der Waals surface area (Å²) < 4.78 is 0. The van der Waals surface area contributed by atoms with Crippen molar-refractivity contribution >= 4 is 5.69 Å². The highest BCUT2D eigenvalue weighted by atomic mass is 16.3. The fourth-order valence-electron chi connectivity index (χ4n) is 2.15. The molecule has 0 saturated carbocycles. The molecule has 1 fully saturated rings. The Kier molecular flexibility index (Phi) is 2.78. The minimum atomic E-state index is -0.601. The quantitative estimate of drug-likeness (QED) is 0.514. The van der Waals surface area contributed by atoms with Crippen molar-refractivity contribution in [3.05, 3.63) is 23.8 Å². The van der Waals surface area contributed by atoms with E-state index in [4.69, 9.17) is 5.73 Å². The second-order valence-electron chi connectivity index (χ2n) is 4.85. The van der Waals surface area contributed by atoms with Gasteiger partial charge in [-0.15, -0.1) is 0 Å². The van der Waals surface area contributed by atoms with Gasteiger partial charge in [0, 0.05) is 30.9 Å². The molecule has 4 heteroatoms. The summed E-state index contributed by atoms with van der Waals surface area (Å²) in [4.78, 5) is 2.12. The van der Waals surface area contributed by atoms with Crippen molar-refractivity contribution in [3.8, 4) is 5.75 Å². The number of phenols is 1. The first-order valence-corrected chi connectivity index (χ1v) is 5.48. The molecule has 1 aliphatic rings. The first kappa shape index (κ1) is 11.2. The zero-order valence-electron chi connectivity index (χ0n) is 9.48. The van der Waals surface area contributed by atoms with Gasteiger partial charge in [0.15, 0.2) is 0 Å². The van der Waals surface area contributed by atoms with Crippen molar-refractivity contribution in [2.45, 2.75) is 25.5 Å². The van der Waals surface area contributed by atoms with Crippen LogP contribution in [-0.4, -0.2) is 33.8 Å². The van der Waals surface area contributed by atoms with E-state index >= 15 is 0 Å². The zero-order valence-corrected chi connectivity index (χ0v) is 9.48. The number of hydrogen-bond donors (Lipinski definition) is 3. The van der Waals surface area contributed by atoms with Gasteiger partial charge in [0.1, 0.15) is 5.75 Å². The van der Waals surface area contributed by atoms with Gasteiger partial charge in [0.05, 0.1) is 5.60 Å². The van der Waals surface area contributed by atoms with Gasteiger partial charge in [0.2, 0.25) is 0 Å². The van der Waals surface area contributed by atoms with E-state index in [1.54, 1.807) is 18.2 Å². The van der Waals surface area contributed by atoms with E-state index in [1.807, 2.05) is 6.92 Å². The lowest BCUT2D eigenvalue weighted by atomic mass is 10.1. The lowest BCUT2D eigenvalue weighted by Gasteiger charge is -2.19. The van der Waals surface area contributed by atoms with Crippen molar-refractivity contribution in [2.75, 3.05) is 18.8 Å². The van der Waals surface area contributed by atoms with Crippen molar-refractivity contribution < 1.29 is 10.2 Å². The second kappa shape index (κ2) is 3.96. The Morgan fingerprint density at radius 2 is 2.25 bits per heavy atom. The molecule has 4 N–H and O–H groups in total. The van der Waals surface area contributed by atoms with Crippen LogP contribution in [-0.2, 0) is 6.54 Å². The van der Waals surface area contributed by atoms with Gasteiger partial charge in [-0.05, 0) is 31.5 Å². The van der Waals surface area contributed by atoms with E-state index in [0.717, 1.165) is 18.5 Å². The van der Waals surface area contributed by atoms with Crippen molar-refractivity contribution in [3.63, 3.8) is 0 Å². The molecule has 1 unspecified atom stereocenters. The Labute approximate surface area is 95.3 Å². The number of β-amino-alcohol motifs (C(OH)–C–C–N with tert-alkyl or cyclic N) is 1. The Morgan fingerprint density at radius 3 is 2.88 bits per heavy atom. The molecule has 0 amide bonds. The maximum Gasteiger partial charge on any atom is 0.120 e. The Morgan fingerprint density at radius 1 is 1.50 bits per heavy atom. The van der Waals surface area contributed by atoms with Crippen LogP contribution in [0, 0.1) is 0 Å². The van der Waals surface area contributed by atoms with Crippen LogP contribution in [0.15, 0.2) is 18.2 Å². The average Bonchev–Trinajstić information content (AvgIpc) is 2.52. The molecule has 4 nitrogen and oxygen atoms in total. The molecule has 1 heterocycles. The molecule has 88 valence electrons. The first-order valence-electron chi connectivity index (χ1n) is 5.48. The smallest absolute Gasteiger partial charge is 0.120 e. The third kappa shape index (κ3) is 2.46. The lowest BCUT2D eigenvalue weighted by molar-refractivity contribution is 0.0678. The van der Waals surface area contributed by atoms with Gasteiger partial charge in [0.25, 0.3) is 0 Å². The van der Waals surface area contributed by atoms with E-state index in [2.05, 4.69) is 4.90 Å². The highest BCUT2D eigenvalue weighted by Gasteiger charge is 2.31. The summed E-state index contributed by atoms with van der Waals surface area (Å²) in [5, 5.41) is 19.5. The number of benzene rings is 1. The highest BCUT2D eigenvalue weighted by molar-refractivity contribution is 5.47. The van der Waals surface area contributed by atoms with Crippen LogP contribution in [0.4, 0.5) is 5.69 Å². The number of rotatable bonds is 2. The standard InChI is InChI=1S/C12H18N2O2/c1-12(16)4-5-14(8-12)7-9-6-10(13)2-3-11(9)15/h2-3,6,15-16H,4-5,7-8,13H2,1H3. The van der Waals surface area contributed by atoms with E-state index in [1.165, 1.54) is 0 Å². The summed E-state index contributed by atoms with van der Waals surface area (Å²) >= 11 is 0. The van der Waals surface area contributed by atoms with Gasteiger partial charge in [-0.1, -0.05) is 0 Å². The predicted octanol–water partition coefficient (Wildman–Crippen LogP) is 0.931. The Hall–Kier alpha value is -1.26. The topological polar surface area (TPSA) is 69.7 Å². The summed E-state index contributed by atoms with van der Waals surface area (Å²) in [5.41, 5.74) is 6.54. The number of aliphatic hydroxyl groups is 1. The maximum absolute atomic E-state index is 9.84. The molecule has 0 spiro atoms. The fourth-order valence-corrected chi connectivity index (χ4v) is 2.15. The molecule has 1 atom stereocenters. The molecular formula is C12H18N2O2. The second-order valence-corrected chi connectivity index (χ2v) is 4.85. The molecule has 1 aliphatic heterocycles. The maximum atomic E-state index is 9.84. The van der Waals surface area contributed by atoms with E-state index < -0.39 is 5.60 Å². The van der Waals surface area contributed by atoms with Crippen LogP contribution < -0.4 is 5.73 Å². The molecular weight excluding hydrogens is 204 g/mol. The number of nitrogens with two attached hydrogens (primary N) is 1. The van der Waals surface area contributed by atoms with Gasteiger partial charge < -0.3 is 15.9 Å². The lowest BCUT2D eigenvalue weighted by Crippen LogP contribution is -2.29. The van der Waals surface area contributed by atoms with E-state index in [-0.39, 0.29) is 5.75 Å². The summed E-state index contributed by atoms with van der Waals surface area (Å²) in [6.07, 6.45) is 0.774. The van der Waals surface area contributed by atoms with Crippen LogP contribution in [0.2, 0.25) is 0 Å². The molecule has 0 aromatic heterocycles. The number of nitrogens with zero attached hydrogens (tertiary/aromatic N) is 1. The molecule has 1 aromatic carbocycles. The van der Waals surface area contributed by atoms with Gasteiger partial charge in [-0.25, -0.2) is 0 Å². The number of nitrogen functional groups attached to an aromatic ring is 1. The normalized spacial score (nSPS) is 26.1. The van der Waals surface area contributed by atoms with Crippen LogP contribution in [0.5, 0.6) is 5.75 Å². The number of phenolic OH excluding ortho intramolecular Hbond substituents is 1. The number of hydrogen-bond acceptors (Lipinski definition) is 4. The zero-order chi connectivity index (χ0) is 11.8. The largest absolute Gasteiger partial charge is 0.508 e. The highest BCUT2D eigenvalue weighted by Crippen LogP contribution is 2.26. The van der Waals surface area contributed by atoms with Crippen LogP contribution >= 0.6 is 0 Å². The monoisotopic (exact) mass is 222 g/mol. The van der Waals surface area contributed by atoms with E-state index in [9.17, 15) is 10.2 Å². The third-order valence-electron chi connectivity index (χ3n) is 3.03. The first-order chi connectivity index (χ1) is 7.46. The SMILES string of the molecule is CC1(O)CCN(Cc2cc(N)ccc2O)C1. The van der Waals surface area contributed by atoms with Crippen molar-refractivity contribution in [2.24, 2.45) is 0 Å². The van der Waals surface area contributed by atoms with Crippen LogP contribution in [0.25, 0.3) is 0 Å². The van der Waals surface area contributed by atoms with E-state index in [0.29, 0.717) is 18.8 Å². The predicted molar refractivity (Wildman–Crippen MR) is 63.0 cm³/mol. The Bertz CT molecular complexity index is 391. The summed E-state index contributed by atoms with van der Waals surface area (Å²) in [6.45, 7) is 3.96. The Balaban J connectivity index is 2.07. The van der Waals surface area contributed by atoms with Crippen molar-refractivity contribution in [1.82, 2.24) is 4.90 Å². The summed E-state index contributed by atoms with van der Waals surface area (Å²) in [7, 11) is 0. The van der Waals surface area contributed by atoms with Gasteiger partial charge >= 0.3 is 0 Å². The van der Waals surface area contributed by atoms with Gasteiger partial charge in [-0.2, -0.15) is 0 Å². The third-order valence-corrected chi connectivity index (χ3v) is 3.03.